The highest BCUT2D eigenvalue weighted by atomic mass is 32.2. The van der Waals surface area contributed by atoms with Gasteiger partial charge in [0.15, 0.2) is 5.17 Å². The minimum absolute atomic E-state index is 0.0283. The van der Waals surface area contributed by atoms with Crippen molar-refractivity contribution < 1.29 is 4.79 Å². The Balaban J connectivity index is 1.37. The number of benzene rings is 1. The first-order valence-corrected chi connectivity index (χ1v) is 9.02. The van der Waals surface area contributed by atoms with Crippen molar-refractivity contribution in [2.45, 2.75) is 13.0 Å². The molecule has 2 atom stereocenters. The Kier molecular flexibility index (Phi) is 3.92. The molecule has 0 aromatic heterocycles. The standard InChI is InChI=1S/C17H21N3OS/c21-16-12-22-17(18-16)20-10-14-6-7-19(9-15(14)11-20)8-13-4-2-1-3-5-13/h1-5,14-15H,6-12H2. The number of amidine groups is 1. The monoisotopic (exact) mass is 315 g/mol. The van der Waals surface area contributed by atoms with Crippen molar-refractivity contribution in [2.24, 2.45) is 16.8 Å². The summed E-state index contributed by atoms with van der Waals surface area (Å²) in [6, 6.07) is 10.7. The van der Waals surface area contributed by atoms with E-state index >= 15 is 0 Å². The molecule has 0 N–H and O–H groups in total. The van der Waals surface area contributed by atoms with Crippen LogP contribution in [0.1, 0.15) is 12.0 Å². The smallest absolute Gasteiger partial charge is 0.258 e. The summed E-state index contributed by atoms with van der Waals surface area (Å²) < 4.78 is 0. The number of thioether (sulfide) groups is 1. The summed E-state index contributed by atoms with van der Waals surface area (Å²) in [5, 5.41) is 0.967. The molecule has 0 aliphatic carbocycles. The van der Waals surface area contributed by atoms with Crippen molar-refractivity contribution in [2.75, 3.05) is 31.9 Å². The molecule has 2 unspecified atom stereocenters. The molecule has 2 saturated heterocycles. The van der Waals surface area contributed by atoms with Crippen molar-refractivity contribution in [1.29, 1.82) is 0 Å². The predicted octanol–water partition coefficient (Wildman–Crippen LogP) is 2.07. The van der Waals surface area contributed by atoms with E-state index in [0.29, 0.717) is 5.75 Å². The fourth-order valence-corrected chi connectivity index (χ4v) is 4.66. The van der Waals surface area contributed by atoms with E-state index in [1.165, 1.54) is 25.1 Å². The Bertz CT molecular complexity index is 589. The van der Waals surface area contributed by atoms with Crippen LogP contribution >= 0.6 is 11.8 Å². The van der Waals surface area contributed by atoms with Crippen LogP contribution in [0.4, 0.5) is 0 Å². The Morgan fingerprint density at radius 1 is 1.14 bits per heavy atom. The molecule has 4 rings (SSSR count). The van der Waals surface area contributed by atoms with Gasteiger partial charge in [-0.1, -0.05) is 42.1 Å². The summed E-state index contributed by atoms with van der Waals surface area (Å²) in [6.07, 6.45) is 1.26. The summed E-state index contributed by atoms with van der Waals surface area (Å²) >= 11 is 1.61. The van der Waals surface area contributed by atoms with E-state index in [2.05, 4.69) is 45.1 Å². The normalized spacial score (nSPS) is 28.8. The van der Waals surface area contributed by atoms with E-state index in [-0.39, 0.29) is 5.91 Å². The molecule has 0 bridgehead atoms. The van der Waals surface area contributed by atoms with E-state index in [1.54, 1.807) is 11.8 Å². The maximum absolute atomic E-state index is 11.3. The third kappa shape index (κ3) is 2.92. The average Bonchev–Trinajstić information content (AvgIpc) is 3.14. The van der Waals surface area contributed by atoms with Crippen LogP contribution < -0.4 is 0 Å². The van der Waals surface area contributed by atoms with Gasteiger partial charge in [0.05, 0.1) is 5.75 Å². The Hall–Kier alpha value is -1.33. The lowest BCUT2D eigenvalue weighted by atomic mass is 9.88. The van der Waals surface area contributed by atoms with Crippen LogP contribution in [-0.2, 0) is 11.3 Å². The number of hydrogen-bond donors (Lipinski definition) is 0. The zero-order valence-electron chi connectivity index (χ0n) is 12.6. The number of aliphatic imine (C=N–C) groups is 1. The summed E-state index contributed by atoms with van der Waals surface area (Å²) in [7, 11) is 0. The van der Waals surface area contributed by atoms with Gasteiger partial charge in [0, 0.05) is 26.2 Å². The van der Waals surface area contributed by atoms with Crippen molar-refractivity contribution in [3.05, 3.63) is 35.9 Å². The Morgan fingerprint density at radius 3 is 2.73 bits per heavy atom. The number of likely N-dealkylation sites (tertiary alicyclic amines) is 2. The number of fused-ring (bicyclic) bond motifs is 1. The summed E-state index contributed by atoms with van der Waals surface area (Å²) in [4.78, 5) is 20.4. The number of rotatable bonds is 2. The molecular weight excluding hydrogens is 294 g/mol. The van der Waals surface area contributed by atoms with Crippen LogP contribution in [-0.4, -0.2) is 52.8 Å². The molecule has 3 heterocycles. The minimum atomic E-state index is 0.0283. The van der Waals surface area contributed by atoms with Gasteiger partial charge in [0.1, 0.15) is 0 Å². The van der Waals surface area contributed by atoms with E-state index in [0.717, 1.165) is 36.6 Å². The highest BCUT2D eigenvalue weighted by molar-refractivity contribution is 8.14. The lowest BCUT2D eigenvalue weighted by Gasteiger charge is -2.34. The fraction of sp³-hybridized carbons (Fsp3) is 0.529. The largest absolute Gasteiger partial charge is 0.350 e. The molecular formula is C17H21N3OS. The molecule has 0 radical (unpaired) electrons. The van der Waals surface area contributed by atoms with Crippen LogP contribution in [0.3, 0.4) is 0 Å². The Labute approximate surface area is 135 Å². The molecule has 3 aliphatic rings. The van der Waals surface area contributed by atoms with E-state index in [1.807, 2.05) is 0 Å². The molecule has 116 valence electrons. The quantitative estimate of drug-likeness (QED) is 0.837. The number of piperidine rings is 1. The number of amides is 1. The molecule has 0 saturated carbocycles. The Morgan fingerprint density at radius 2 is 1.95 bits per heavy atom. The number of carbonyl (C=O) groups excluding carboxylic acids is 1. The van der Waals surface area contributed by atoms with Gasteiger partial charge >= 0.3 is 0 Å². The third-order valence-corrected chi connectivity index (χ3v) is 5.95. The van der Waals surface area contributed by atoms with Crippen LogP contribution in [0, 0.1) is 11.8 Å². The van der Waals surface area contributed by atoms with E-state index in [9.17, 15) is 4.79 Å². The minimum Gasteiger partial charge on any atom is -0.350 e. The first-order chi connectivity index (χ1) is 10.8. The fourth-order valence-electron chi connectivity index (χ4n) is 3.84. The van der Waals surface area contributed by atoms with Crippen molar-refractivity contribution >= 4 is 22.8 Å². The van der Waals surface area contributed by atoms with Crippen LogP contribution in [0.5, 0.6) is 0 Å². The second-order valence-corrected chi connectivity index (χ2v) is 7.45. The maximum atomic E-state index is 11.3. The summed E-state index contributed by atoms with van der Waals surface area (Å²) in [5.74, 6) is 2.05. The van der Waals surface area contributed by atoms with Gasteiger partial charge in [-0.25, -0.2) is 0 Å². The summed E-state index contributed by atoms with van der Waals surface area (Å²) in [5.41, 5.74) is 1.40. The van der Waals surface area contributed by atoms with Gasteiger partial charge in [-0.2, -0.15) is 4.99 Å². The number of nitrogens with zero attached hydrogens (tertiary/aromatic N) is 3. The van der Waals surface area contributed by atoms with Gasteiger partial charge in [0.25, 0.3) is 5.91 Å². The maximum Gasteiger partial charge on any atom is 0.258 e. The first kappa shape index (κ1) is 14.3. The molecule has 22 heavy (non-hydrogen) atoms. The van der Waals surface area contributed by atoms with Crippen LogP contribution in [0.25, 0.3) is 0 Å². The zero-order chi connectivity index (χ0) is 14.9. The molecule has 1 amide bonds. The number of hydrogen-bond acceptors (Lipinski definition) is 4. The van der Waals surface area contributed by atoms with Crippen LogP contribution in [0.15, 0.2) is 35.3 Å². The second-order valence-electron chi connectivity index (χ2n) is 6.51. The molecule has 4 nitrogen and oxygen atoms in total. The van der Waals surface area contributed by atoms with Gasteiger partial charge in [-0.3, -0.25) is 9.69 Å². The van der Waals surface area contributed by atoms with E-state index in [4.69, 9.17) is 0 Å². The van der Waals surface area contributed by atoms with Gasteiger partial charge < -0.3 is 4.90 Å². The average molecular weight is 315 g/mol. The van der Waals surface area contributed by atoms with Crippen molar-refractivity contribution in [3.8, 4) is 0 Å². The predicted molar refractivity (Wildman–Crippen MR) is 89.8 cm³/mol. The van der Waals surface area contributed by atoms with Gasteiger partial charge in [-0.05, 0) is 30.4 Å². The van der Waals surface area contributed by atoms with Crippen LogP contribution in [0.2, 0.25) is 0 Å². The zero-order valence-corrected chi connectivity index (χ0v) is 13.5. The molecule has 5 heteroatoms. The molecule has 0 spiro atoms. The number of carbonyl (C=O) groups is 1. The lowest BCUT2D eigenvalue weighted by Crippen LogP contribution is -2.39. The SMILES string of the molecule is O=C1CSC(N2CC3CCN(Cc4ccccc4)CC3C2)=N1. The van der Waals surface area contributed by atoms with Gasteiger partial charge in [-0.15, -0.1) is 0 Å². The molecule has 1 aromatic carbocycles. The molecule has 2 fully saturated rings. The third-order valence-electron chi connectivity index (χ3n) is 4.95. The van der Waals surface area contributed by atoms with E-state index < -0.39 is 0 Å². The van der Waals surface area contributed by atoms with Gasteiger partial charge in [0.2, 0.25) is 0 Å². The summed E-state index contributed by atoms with van der Waals surface area (Å²) in [6.45, 7) is 5.56. The highest BCUT2D eigenvalue weighted by Gasteiger charge is 2.39. The highest BCUT2D eigenvalue weighted by Crippen LogP contribution is 2.34. The van der Waals surface area contributed by atoms with Crippen molar-refractivity contribution in [3.63, 3.8) is 0 Å². The topological polar surface area (TPSA) is 35.9 Å². The second kappa shape index (κ2) is 6.05. The molecule has 1 aromatic rings. The van der Waals surface area contributed by atoms with Crippen molar-refractivity contribution in [1.82, 2.24) is 9.80 Å². The lowest BCUT2D eigenvalue weighted by molar-refractivity contribution is -0.115. The first-order valence-electron chi connectivity index (χ1n) is 8.03. The molecule has 3 aliphatic heterocycles.